The number of hydrogen-bond donors (Lipinski definition) is 1. The van der Waals surface area contributed by atoms with E-state index in [0.717, 1.165) is 33.5 Å². The lowest BCUT2D eigenvalue weighted by Gasteiger charge is -2.30. The van der Waals surface area contributed by atoms with Gasteiger partial charge in [0.2, 0.25) is 11.8 Å². The molecule has 1 N–H and O–H groups in total. The molecule has 1 aromatic heterocycles. The standard InChI is InChI=1S/C28H35N3O3S/c1-19(2)34-17-7-15-29-27(33)26-25-22-8-5-6-9-23(22)30(4)28(25)35-18-24(32)31(26)16-14-21-12-10-20(3)11-13-21/h5-6,8-13,19,26H,7,14-18H2,1-4H3,(H,29,33)/t26-/m1/s1. The topological polar surface area (TPSA) is 63.6 Å². The van der Waals surface area contributed by atoms with Gasteiger partial charge in [0, 0.05) is 43.2 Å². The molecule has 1 aliphatic heterocycles. The Balaban J connectivity index is 1.65. The number of ether oxygens (including phenoxy) is 1. The second kappa shape index (κ2) is 11.3. The number of benzene rings is 2. The molecule has 0 spiro atoms. The lowest BCUT2D eigenvalue weighted by molar-refractivity contribution is -0.138. The number of carbonyl (C=O) groups is 2. The van der Waals surface area contributed by atoms with Crippen molar-refractivity contribution in [2.75, 3.05) is 25.4 Å². The number of hydrogen-bond acceptors (Lipinski definition) is 4. The van der Waals surface area contributed by atoms with Gasteiger partial charge in [-0.15, -0.1) is 0 Å². The molecule has 2 heterocycles. The molecule has 4 rings (SSSR count). The Morgan fingerprint density at radius 1 is 1.17 bits per heavy atom. The molecule has 1 atom stereocenters. The van der Waals surface area contributed by atoms with Crippen LogP contribution in [-0.2, 0) is 27.8 Å². The van der Waals surface area contributed by atoms with E-state index < -0.39 is 6.04 Å². The van der Waals surface area contributed by atoms with Gasteiger partial charge in [0.15, 0.2) is 0 Å². The number of nitrogens with one attached hydrogen (secondary N) is 1. The van der Waals surface area contributed by atoms with Crippen molar-refractivity contribution in [2.45, 2.75) is 50.8 Å². The molecular formula is C28H35N3O3S. The van der Waals surface area contributed by atoms with Crippen LogP contribution in [0.3, 0.4) is 0 Å². The predicted octanol–water partition coefficient (Wildman–Crippen LogP) is 4.64. The zero-order valence-electron chi connectivity index (χ0n) is 21.0. The van der Waals surface area contributed by atoms with Gasteiger partial charge < -0.3 is 19.5 Å². The van der Waals surface area contributed by atoms with Gasteiger partial charge in [-0.1, -0.05) is 59.8 Å². The van der Waals surface area contributed by atoms with Crippen LogP contribution in [0.4, 0.5) is 0 Å². The van der Waals surface area contributed by atoms with Gasteiger partial charge in [-0.2, -0.15) is 0 Å². The van der Waals surface area contributed by atoms with E-state index in [1.165, 1.54) is 17.3 Å². The van der Waals surface area contributed by atoms with Crippen LogP contribution in [0.15, 0.2) is 53.6 Å². The van der Waals surface area contributed by atoms with E-state index in [9.17, 15) is 9.59 Å². The number of para-hydroxylation sites is 1. The molecule has 7 heteroatoms. The minimum Gasteiger partial charge on any atom is -0.379 e. The molecule has 0 aliphatic carbocycles. The summed E-state index contributed by atoms with van der Waals surface area (Å²) in [5.74, 6) is 0.175. The third-order valence-electron chi connectivity index (χ3n) is 6.41. The van der Waals surface area contributed by atoms with Gasteiger partial charge in [-0.3, -0.25) is 9.59 Å². The lowest BCUT2D eigenvalue weighted by Crippen LogP contribution is -2.45. The van der Waals surface area contributed by atoms with E-state index in [1.54, 1.807) is 4.90 Å². The van der Waals surface area contributed by atoms with Crippen molar-refractivity contribution < 1.29 is 14.3 Å². The molecule has 0 saturated heterocycles. The molecule has 3 aromatic rings. The zero-order chi connectivity index (χ0) is 24.9. The molecule has 0 unspecified atom stereocenters. The molecule has 1 aliphatic rings. The highest BCUT2D eigenvalue weighted by Gasteiger charge is 2.38. The maximum Gasteiger partial charge on any atom is 0.247 e. The van der Waals surface area contributed by atoms with Crippen LogP contribution in [0.25, 0.3) is 10.9 Å². The van der Waals surface area contributed by atoms with Crippen molar-refractivity contribution in [1.82, 2.24) is 14.8 Å². The van der Waals surface area contributed by atoms with Gasteiger partial charge in [-0.25, -0.2) is 0 Å². The van der Waals surface area contributed by atoms with Crippen molar-refractivity contribution in [2.24, 2.45) is 7.05 Å². The molecule has 35 heavy (non-hydrogen) atoms. The van der Waals surface area contributed by atoms with Crippen LogP contribution in [-0.4, -0.2) is 52.8 Å². The van der Waals surface area contributed by atoms with Crippen LogP contribution in [0.2, 0.25) is 0 Å². The number of aryl methyl sites for hydroxylation is 2. The van der Waals surface area contributed by atoms with E-state index in [-0.39, 0.29) is 17.9 Å². The van der Waals surface area contributed by atoms with Crippen LogP contribution >= 0.6 is 11.8 Å². The largest absolute Gasteiger partial charge is 0.379 e. The maximum atomic E-state index is 13.7. The Hall–Kier alpha value is -2.77. The summed E-state index contributed by atoms with van der Waals surface area (Å²) in [5.41, 5.74) is 4.36. The number of amides is 2. The van der Waals surface area contributed by atoms with E-state index >= 15 is 0 Å². The maximum absolute atomic E-state index is 13.7. The second-order valence-electron chi connectivity index (χ2n) is 9.37. The summed E-state index contributed by atoms with van der Waals surface area (Å²) in [6.45, 7) is 7.65. The van der Waals surface area contributed by atoms with Crippen molar-refractivity contribution in [1.29, 1.82) is 0 Å². The lowest BCUT2D eigenvalue weighted by atomic mass is 10.0. The Kier molecular flexibility index (Phi) is 8.19. The van der Waals surface area contributed by atoms with Crippen LogP contribution < -0.4 is 5.32 Å². The van der Waals surface area contributed by atoms with Crippen molar-refractivity contribution in [3.63, 3.8) is 0 Å². The number of rotatable bonds is 9. The Morgan fingerprint density at radius 3 is 2.66 bits per heavy atom. The van der Waals surface area contributed by atoms with E-state index in [0.29, 0.717) is 31.9 Å². The van der Waals surface area contributed by atoms with E-state index in [2.05, 4.69) is 53.2 Å². The monoisotopic (exact) mass is 493 g/mol. The molecule has 6 nitrogen and oxygen atoms in total. The first-order valence-corrected chi connectivity index (χ1v) is 13.3. The summed E-state index contributed by atoms with van der Waals surface area (Å²) < 4.78 is 7.73. The minimum absolute atomic E-state index is 0.00863. The number of fused-ring (bicyclic) bond motifs is 3. The quantitative estimate of drug-likeness (QED) is 0.441. The number of aromatic nitrogens is 1. The first-order chi connectivity index (χ1) is 16.9. The van der Waals surface area contributed by atoms with Gasteiger partial charge in [0.1, 0.15) is 6.04 Å². The highest BCUT2D eigenvalue weighted by Crippen LogP contribution is 2.41. The minimum atomic E-state index is -0.671. The smallest absolute Gasteiger partial charge is 0.247 e. The summed E-state index contributed by atoms with van der Waals surface area (Å²) >= 11 is 1.53. The normalized spacial score (nSPS) is 16.0. The van der Waals surface area contributed by atoms with E-state index in [1.807, 2.05) is 33.0 Å². The van der Waals surface area contributed by atoms with Crippen LogP contribution in [0, 0.1) is 6.92 Å². The summed E-state index contributed by atoms with van der Waals surface area (Å²) in [6.07, 6.45) is 1.59. The zero-order valence-corrected chi connectivity index (χ0v) is 21.9. The fourth-order valence-corrected chi connectivity index (χ4v) is 5.68. The predicted molar refractivity (Wildman–Crippen MR) is 142 cm³/mol. The molecular weight excluding hydrogens is 458 g/mol. The number of nitrogens with zero attached hydrogens (tertiary/aromatic N) is 2. The molecule has 0 bridgehead atoms. The SMILES string of the molecule is Cc1ccc(CCN2C(=O)CSc3c(c4ccccc4n3C)[C@@H]2C(=O)NCCCOC(C)C)cc1. The van der Waals surface area contributed by atoms with Crippen LogP contribution in [0.5, 0.6) is 0 Å². The molecule has 2 aromatic carbocycles. The first-order valence-electron chi connectivity index (χ1n) is 12.3. The summed E-state index contributed by atoms with van der Waals surface area (Å²) in [4.78, 5) is 28.9. The molecule has 0 saturated carbocycles. The van der Waals surface area contributed by atoms with Gasteiger partial charge in [0.05, 0.1) is 16.9 Å². The van der Waals surface area contributed by atoms with Gasteiger partial charge >= 0.3 is 0 Å². The summed E-state index contributed by atoms with van der Waals surface area (Å²) in [6, 6.07) is 15.8. The summed E-state index contributed by atoms with van der Waals surface area (Å²) in [7, 11) is 2.01. The fourth-order valence-electron chi connectivity index (χ4n) is 4.58. The third kappa shape index (κ3) is 5.73. The fraction of sp³-hybridized carbons (Fsp3) is 0.429. The Labute approximate surface area is 212 Å². The first kappa shape index (κ1) is 25.3. The molecule has 186 valence electrons. The second-order valence-corrected chi connectivity index (χ2v) is 10.3. The molecule has 0 radical (unpaired) electrons. The van der Waals surface area contributed by atoms with Crippen molar-refractivity contribution in [3.05, 3.63) is 65.2 Å². The van der Waals surface area contributed by atoms with Crippen molar-refractivity contribution in [3.8, 4) is 0 Å². The summed E-state index contributed by atoms with van der Waals surface area (Å²) in [5, 5.41) is 5.10. The molecule has 0 fully saturated rings. The number of carbonyl (C=O) groups excluding carboxylic acids is 2. The number of thioether (sulfide) groups is 1. The van der Waals surface area contributed by atoms with Crippen LogP contribution in [0.1, 0.15) is 43.0 Å². The Bertz CT molecular complexity index is 1190. The van der Waals surface area contributed by atoms with Gasteiger partial charge in [-0.05, 0) is 45.2 Å². The average Bonchev–Trinajstić information content (AvgIpc) is 3.02. The Morgan fingerprint density at radius 2 is 1.91 bits per heavy atom. The highest BCUT2D eigenvalue weighted by atomic mass is 32.2. The van der Waals surface area contributed by atoms with Crippen molar-refractivity contribution >= 4 is 34.5 Å². The average molecular weight is 494 g/mol. The van der Waals surface area contributed by atoms with Gasteiger partial charge in [0.25, 0.3) is 0 Å². The third-order valence-corrected chi connectivity index (χ3v) is 7.57. The van der Waals surface area contributed by atoms with E-state index in [4.69, 9.17) is 4.74 Å². The molecule has 2 amide bonds. The highest BCUT2D eigenvalue weighted by molar-refractivity contribution is 8.00.